The van der Waals surface area contributed by atoms with E-state index >= 15 is 0 Å². The second kappa shape index (κ2) is 42.9. The number of rotatable bonds is 0. The first-order chi connectivity index (χ1) is 10.8. The van der Waals surface area contributed by atoms with E-state index in [9.17, 15) is 0 Å². The van der Waals surface area contributed by atoms with Crippen molar-refractivity contribution in [1.82, 2.24) is 0 Å². The van der Waals surface area contributed by atoms with E-state index in [0.717, 1.165) is 0 Å². The lowest BCUT2D eigenvalue weighted by molar-refractivity contribution is 0.504. The molecule has 2 rings (SSSR count). The minimum absolute atomic E-state index is 1.25. The molecule has 0 aliphatic heterocycles. The molecule has 0 atom stereocenters. The minimum Gasteiger partial charge on any atom is -0.0683 e. The van der Waals surface area contributed by atoms with Gasteiger partial charge in [0.15, 0.2) is 0 Å². The van der Waals surface area contributed by atoms with Crippen LogP contribution in [0.15, 0.2) is 0 Å². The van der Waals surface area contributed by atoms with E-state index in [1.807, 2.05) is 27.7 Å². The summed E-state index contributed by atoms with van der Waals surface area (Å²) in [5, 5.41) is 0. The lowest BCUT2D eigenvalue weighted by Gasteiger charge is -2.05. The van der Waals surface area contributed by atoms with Gasteiger partial charge in [0, 0.05) is 0 Å². The molecular weight excluding hydrogens is 264 g/mol. The van der Waals surface area contributed by atoms with E-state index in [2.05, 4.69) is 27.7 Å². The Hall–Kier alpha value is 0. The van der Waals surface area contributed by atoms with Crippen molar-refractivity contribution in [2.75, 3.05) is 0 Å². The van der Waals surface area contributed by atoms with Crippen LogP contribution >= 0.6 is 0 Å². The van der Waals surface area contributed by atoms with E-state index in [-0.39, 0.29) is 0 Å². The molecule has 0 aromatic heterocycles. The fraction of sp³-hybridized carbons (Fsp3) is 1.00. The van der Waals surface area contributed by atoms with E-state index in [1.54, 1.807) is 0 Å². The van der Waals surface area contributed by atoms with Crippen LogP contribution in [0.3, 0.4) is 0 Å². The van der Waals surface area contributed by atoms with Crippen LogP contribution in [0.2, 0.25) is 0 Å². The number of hydrogen-bond donors (Lipinski definition) is 0. The molecule has 2 saturated carbocycles. The van der Waals surface area contributed by atoms with E-state index in [4.69, 9.17) is 0 Å². The maximum Gasteiger partial charge on any atom is -0.0533 e. The third-order valence-corrected chi connectivity index (χ3v) is 3.00. The van der Waals surface area contributed by atoms with Crippen LogP contribution < -0.4 is 0 Å². The standard InChI is InChI=1S/2C6H12.2C3H8.2C2H6/c2*1-2-4-6-5-3-1;2*1-3-2;2*1-2/h2*1-6H2;2*3H2,1-2H3;2*1-2H3. The van der Waals surface area contributed by atoms with Crippen LogP contribution in [0.4, 0.5) is 0 Å². The zero-order valence-corrected chi connectivity index (χ0v) is 17.9. The van der Waals surface area contributed by atoms with Gasteiger partial charge in [0.25, 0.3) is 0 Å². The molecule has 2 aliphatic carbocycles. The fourth-order valence-corrected chi connectivity index (χ4v) is 2.12. The summed E-state index contributed by atoms with van der Waals surface area (Å²) in [5.74, 6) is 0. The summed E-state index contributed by atoms with van der Waals surface area (Å²) in [7, 11) is 0. The quantitative estimate of drug-likeness (QED) is 0.417. The van der Waals surface area contributed by atoms with Gasteiger partial charge < -0.3 is 0 Å². The third-order valence-electron chi connectivity index (χ3n) is 3.00. The molecule has 0 heteroatoms. The summed E-state index contributed by atoms with van der Waals surface area (Å²) < 4.78 is 0. The van der Waals surface area contributed by atoms with Crippen molar-refractivity contribution in [3.8, 4) is 0 Å². The van der Waals surface area contributed by atoms with Crippen LogP contribution in [0, 0.1) is 0 Å². The summed E-state index contributed by atoms with van der Waals surface area (Å²) in [4.78, 5) is 0. The van der Waals surface area contributed by atoms with E-state index in [0.29, 0.717) is 0 Å². The Morgan fingerprint density at radius 1 is 0.318 bits per heavy atom. The zero-order valence-electron chi connectivity index (χ0n) is 17.9. The highest BCUT2D eigenvalue weighted by molar-refractivity contribution is 4.51. The van der Waals surface area contributed by atoms with Crippen molar-refractivity contribution in [3.63, 3.8) is 0 Å². The van der Waals surface area contributed by atoms with Crippen molar-refractivity contribution < 1.29 is 0 Å². The van der Waals surface area contributed by atoms with Gasteiger partial charge in [-0.1, -0.05) is 145 Å². The Bertz CT molecular complexity index is 61.6. The fourth-order valence-electron chi connectivity index (χ4n) is 2.12. The third kappa shape index (κ3) is 50.1. The average molecular weight is 317 g/mol. The molecule has 0 unspecified atom stereocenters. The Kier molecular flexibility index (Phi) is 58.3. The lowest BCUT2D eigenvalue weighted by Crippen LogP contribution is -1.85. The first-order valence-electron chi connectivity index (χ1n) is 10.8. The van der Waals surface area contributed by atoms with Gasteiger partial charge >= 0.3 is 0 Å². The highest BCUT2D eigenvalue weighted by Gasteiger charge is 1.96. The Morgan fingerprint density at radius 3 is 0.409 bits per heavy atom. The summed E-state index contributed by atoms with van der Waals surface area (Å²) in [6.45, 7) is 16.5. The first kappa shape index (κ1) is 29.9. The van der Waals surface area contributed by atoms with Gasteiger partial charge in [-0.2, -0.15) is 0 Å². The monoisotopic (exact) mass is 316 g/mol. The second-order valence-corrected chi connectivity index (χ2v) is 5.66. The Labute approximate surface area is 145 Å². The Balaban J connectivity index is -0.0000000954. The summed E-state index contributed by atoms with van der Waals surface area (Å²) in [6.07, 6.45) is 20.5. The SMILES string of the molecule is C1CCCCC1.C1CCCCC1.CC.CC.CCC.CCC. The molecule has 0 spiro atoms. The van der Waals surface area contributed by atoms with Crippen molar-refractivity contribution in [2.24, 2.45) is 0 Å². The maximum atomic E-state index is 2.12. The van der Waals surface area contributed by atoms with Crippen molar-refractivity contribution >= 4 is 0 Å². The highest BCUT2D eigenvalue weighted by Crippen LogP contribution is 2.15. The summed E-state index contributed by atoms with van der Waals surface area (Å²) in [6, 6.07) is 0. The predicted molar refractivity (Wildman–Crippen MR) is 110 cm³/mol. The number of hydrogen-bond acceptors (Lipinski definition) is 0. The second-order valence-electron chi connectivity index (χ2n) is 5.66. The average Bonchev–Trinajstić information content (AvgIpc) is 2.63. The lowest BCUT2D eigenvalue weighted by atomic mass is 10.0. The van der Waals surface area contributed by atoms with Crippen LogP contribution in [0.1, 0.15) is 145 Å². The van der Waals surface area contributed by atoms with Crippen LogP contribution in [0.25, 0.3) is 0 Å². The van der Waals surface area contributed by atoms with Gasteiger partial charge in [-0.25, -0.2) is 0 Å². The van der Waals surface area contributed by atoms with Gasteiger partial charge in [-0.3, -0.25) is 0 Å². The molecule has 2 aliphatic rings. The normalized spacial score (nSPS) is 15.3. The molecular formula is C22H52. The molecule has 0 saturated heterocycles. The molecule has 0 N–H and O–H groups in total. The van der Waals surface area contributed by atoms with Crippen molar-refractivity contribution in [3.05, 3.63) is 0 Å². The minimum atomic E-state index is 1.25. The molecule has 0 nitrogen and oxygen atoms in total. The largest absolute Gasteiger partial charge is 0.0683 e. The van der Waals surface area contributed by atoms with Crippen molar-refractivity contribution in [1.29, 1.82) is 0 Å². The van der Waals surface area contributed by atoms with E-state index in [1.165, 1.54) is 89.9 Å². The molecule has 140 valence electrons. The van der Waals surface area contributed by atoms with Gasteiger partial charge in [-0.15, -0.1) is 0 Å². The summed E-state index contributed by atoms with van der Waals surface area (Å²) >= 11 is 0. The van der Waals surface area contributed by atoms with Gasteiger partial charge in [-0.05, 0) is 0 Å². The smallest absolute Gasteiger partial charge is 0.0533 e. The first-order valence-corrected chi connectivity index (χ1v) is 10.8. The predicted octanol–water partition coefficient (Wildman–Crippen LogP) is 9.57. The molecule has 22 heavy (non-hydrogen) atoms. The Morgan fingerprint density at radius 2 is 0.364 bits per heavy atom. The van der Waals surface area contributed by atoms with Crippen LogP contribution in [0.5, 0.6) is 0 Å². The van der Waals surface area contributed by atoms with Gasteiger partial charge in [0.1, 0.15) is 0 Å². The molecule has 0 amide bonds. The molecule has 0 aromatic rings. The zero-order chi connectivity index (χ0) is 17.9. The maximum absolute atomic E-state index is 2.12. The topological polar surface area (TPSA) is 0 Å². The molecule has 0 heterocycles. The van der Waals surface area contributed by atoms with Crippen molar-refractivity contribution in [2.45, 2.75) is 145 Å². The van der Waals surface area contributed by atoms with Gasteiger partial charge in [0.05, 0.1) is 0 Å². The summed E-state index contributed by atoms with van der Waals surface area (Å²) in [5.41, 5.74) is 0. The molecule has 0 aromatic carbocycles. The molecule has 2 fully saturated rings. The van der Waals surface area contributed by atoms with Crippen LogP contribution in [-0.4, -0.2) is 0 Å². The van der Waals surface area contributed by atoms with Crippen LogP contribution in [-0.2, 0) is 0 Å². The highest BCUT2D eigenvalue weighted by atomic mass is 14.0. The van der Waals surface area contributed by atoms with Gasteiger partial charge in [0.2, 0.25) is 0 Å². The molecule has 0 bridgehead atoms. The molecule has 0 radical (unpaired) electrons. The van der Waals surface area contributed by atoms with E-state index < -0.39 is 0 Å².